The van der Waals surface area contributed by atoms with Crippen LogP contribution < -0.4 is 0 Å². The summed E-state index contributed by atoms with van der Waals surface area (Å²) in [5.41, 5.74) is -0.710. The molecule has 0 amide bonds. The lowest BCUT2D eigenvalue weighted by atomic mass is 9.81. The number of hydroxylamine groups is 2. The van der Waals surface area contributed by atoms with E-state index < -0.39 is 5.54 Å². The summed E-state index contributed by atoms with van der Waals surface area (Å²) in [6, 6.07) is 0. The Kier molecular flexibility index (Phi) is 4.37. The minimum absolute atomic E-state index is 0.235. The summed E-state index contributed by atoms with van der Waals surface area (Å²) in [6.45, 7) is 9.02. The average Bonchev–Trinajstić information content (AvgIpc) is 2.21. The van der Waals surface area contributed by atoms with Gasteiger partial charge in [0, 0.05) is 13.8 Å². The van der Waals surface area contributed by atoms with Crippen LogP contribution >= 0.6 is 0 Å². The highest BCUT2D eigenvalue weighted by Gasteiger charge is 2.47. The minimum atomic E-state index is -0.459. The smallest absolute Gasteiger partial charge is 0.322 e. The molecule has 0 aromatic rings. The molecule has 1 heterocycles. The molecule has 0 aliphatic carbocycles. The summed E-state index contributed by atoms with van der Waals surface area (Å²) >= 11 is 0. The summed E-state index contributed by atoms with van der Waals surface area (Å²) in [7, 11) is 0. The van der Waals surface area contributed by atoms with E-state index in [0.29, 0.717) is 0 Å². The van der Waals surface area contributed by atoms with E-state index in [1.807, 2.05) is 20.8 Å². The first kappa shape index (κ1) is 15.0. The van der Waals surface area contributed by atoms with Crippen molar-refractivity contribution in [3.05, 3.63) is 0 Å². The second-order valence-corrected chi connectivity index (χ2v) is 5.82. The van der Waals surface area contributed by atoms with Crippen molar-refractivity contribution >= 4 is 11.9 Å². The number of rotatable bonds is 3. The monoisotopic (exact) mass is 257 g/mol. The zero-order chi connectivity index (χ0) is 14.0. The third kappa shape index (κ3) is 3.45. The summed E-state index contributed by atoms with van der Waals surface area (Å²) in [6.07, 6.45) is 2.79. The average molecular weight is 257 g/mol. The lowest BCUT2D eigenvalue weighted by molar-refractivity contribution is -0.274. The predicted octanol–water partition coefficient (Wildman–Crippen LogP) is 2.05. The molecule has 1 atom stereocenters. The van der Waals surface area contributed by atoms with Gasteiger partial charge in [0.2, 0.25) is 0 Å². The Labute approximate surface area is 108 Å². The second kappa shape index (κ2) is 5.26. The molecule has 0 aromatic heterocycles. The fourth-order valence-electron chi connectivity index (χ4n) is 2.59. The molecule has 0 aromatic carbocycles. The molecule has 1 rings (SSSR count). The van der Waals surface area contributed by atoms with Crippen LogP contribution in [0.1, 0.15) is 53.9 Å². The van der Waals surface area contributed by atoms with E-state index >= 15 is 0 Å². The van der Waals surface area contributed by atoms with Crippen molar-refractivity contribution < 1.29 is 19.2 Å². The van der Waals surface area contributed by atoms with Gasteiger partial charge in [-0.15, -0.1) is 5.06 Å². The zero-order valence-corrected chi connectivity index (χ0v) is 11.9. The summed E-state index contributed by atoms with van der Waals surface area (Å²) in [5, 5.41) is 1.70. The highest BCUT2D eigenvalue weighted by Crippen LogP contribution is 2.38. The van der Waals surface area contributed by atoms with Crippen LogP contribution in [0.3, 0.4) is 0 Å². The first-order valence-electron chi connectivity index (χ1n) is 6.30. The molecule has 1 unspecified atom stereocenters. The molecule has 18 heavy (non-hydrogen) atoms. The van der Waals surface area contributed by atoms with E-state index in [-0.39, 0.29) is 24.1 Å². The lowest BCUT2D eigenvalue weighted by Crippen LogP contribution is -2.62. The van der Waals surface area contributed by atoms with Crippen molar-refractivity contribution in [3.8, 4) is 0 Å². The molecule has 1 aliphatic heterocycles. The second-order valence-electron chi connectivity index (χ2n) is 5.82. The summed E-state index contributed by atoms with van der Waals surface area (Å²) in [4.78, 5) is 27.6. The normalized spacial score (nSPS) is 27.6. The predicted molar refractivity (Wildman–Crippen MR) is 66.6 cm³/mol. The van der Waals surface area contributed by atoms with Crippen LogP contribution in [0, 0.1) is 0 Å². The van der Waals surface area contributed by atoms with Gasteiger partial charge in [-0.2, -0.15) is 0 Å². The molecule has 1 aliphatic rings. The number of piperidine rings is 1. The van der Waals surface area contributed by atoms with Crippen molar-refractivity contribution in [2.45, 2.75) is 65.0 Å². The molecule has 0 N–H and O–H groups in total. The van der Waals surface area contributed by atoms with Crippen molar-refractivity contribution in [2.75, 3.05) is 6.61 Å². The van der Waals surface area contributed by atoms with Crippen LogP contribution in [0.25, 0.3) is 0 Å². The molecule has 0 saturated carbocycles. The van der Waals surface area contributed by atoms with Gasteiger partial charge in [-0.25, -0.2) is 0 Å². The molecule has 0 bridgehead atoms. The molecular weight excluding hydrogens is 234 g/mol. The van der Waals surface area contributed by atoms with Gasteiger partial charge < -0.3 is 9.57 Å². The number of hydrogen-bond donors (Lipinski definition) is 0. The molecule has 5 heteroatoms. The van der Waals surface area contributed by atoms with Crippen LogP contribution in [-0.4, -0.2) is 34.7 Å². The maximum Gasteiger partial charge on any atom is 0.322 e. The summed E-state index contributed by atoms with van der Waals surface area (Å²) < 4.78 is 5.12. The number of nitrogens with zero attached hydrogens (tertiary/aromatic N) is 1. The molecule has 0 spiro atoms. The van der Waals surface area contributed by atoms with E-state index in [0.717, 1.165) is 19.3 Å². The van der Waals surface area contributed by atoms with Crippen molar-refractivity contribution in [1.29, 1.82) is 0 Å². The Hall–Kier alpha value is -1.10. The Bertz CT molecular complexity index is 340. The number of hydrogen-bond acceptors (Lipinski definition) is 5. The van der Waals surface area contributed by atoms with E-state index in [1.165, 1.54) is 13.8 Å². The fourth-order valence-corrected chi connectivity index (χ4v) is 2.59. The van der Waals surface area contributed by atoms with Crippen LogP contribution in [0.5, 0.6) is 0 Å². The Balaban J connectivity index is 2.89. The van der Waals surface area contributed by atoms with E-state index in [2.05, 4.69) is 0 Å². The van der Waals surface area contributed by atoms with Crippen LogP contribution in [0.15, 0.2) is 0 Å². The third-order valence-electron chi connectivity index (χ3n) is 3.35. The number of carbonyl (C=O) groups is 2. The van der Waals surface area contributed by atoms with Crippen molar-refractivity contribution in [1.82, 2.24) is 5.06 Å². The standard InChI is InChI=1S/C13H23NO4/c1-10(15)17-9-13(5)8-6-7-12(3,4)14(13)18-11(2)16/h6-9H2,1-5H3. The minimum Gasteiger partial charge on any atom is -0.464 e. The SMILES string of the molecule is CC(=O)OCC1(C)CCCC(C)(C)N1OC(C)=O. The molecule has 5 nitrogen and oxygen atoms in total. The van der Waals surface area contributed by atoms with Crippen LogP contribution in [0.2, 0.25) is 0 Å². The van der Waals surface area contributed by atoms with Gasteiger partial charge in [-0.3, -0.25) is 9.59 Å². The van der Waals surface area contributed by atoms with Crippen LogP contribution in [0.4, 0.5) is 0 Å². The molecule has 1 saturated heterocycles. The Morgan fingerprint density at radius 1 is 1.11 bits per heavy atom. The van der Waals surface area contributed by atoms with Gasteiger partial charge in [-0.05, 0) is 40.0 Å². The van der Waals surface area contributed by atoms with Gasteiger partial charge in [0.05, 0.1) is 11.1 Å². The first-order valence-corrected chi connectivity index (χ1v) is 6.30. The Morgan fingerprint density at radius 2 is 1.72 bits per heavy atom. The van der Waals surface area contributed by atoms with E-state index in [4.69, 9.17) is 9.57 Å². The molecular formula is C13H23NO4. The van der Waals surface area contributed by atoms with Crippen molar-refractivity contribution in [3.63, 3.8) is 0 Å². The molecule has 1 fully saturated rings. The van der Waals surface area contributed by atoms with Gasteiger partial charge in [0.15, 0.2) is 0 Å². The van der Waals surface area contributed by atoms with Gasteiger partial charge >= 0.3 is 11.9 Å². The van der Waals surface area contributed by atoms with Crippen LogP contribution in [-0.2, 0) is 19.2 Å². The zero-order valence-electron chi connectivity index (χ0n) is 11.9. The lowest BCUT2D eigenvalue weighted by Gasteiger charge is -2.51. The van der Waals surface area contributed by atoms with Gasteiger partial charge in [0.1, 0.15) is 6.61 Å². The van der Waals surface area contributed by atoms with E-state index in [1.54, 1.807) is 5.06 Å². The summed E-state index contributed by atoms with van der Waals surface area (Å²) in [5.74, 6) is -0.665. The number of ether oxygens (including phenoxy) is 1. The molecule has 104 valence electrons. The fraction of sp³-hybridized carbons (Fsp3) is 0.846. The quantitative estimate of drug-likeness (QED) is 0.724. The topological polar surface area (TPSA) is 55.8 Å². The van der Waals surface area contributed by atoms with E-state index in [9.17, 15) is 9.59 Å². The largest absolute Gasteiger partial charge is 0.464 e. The maximum atomic E-state index is 11.3. The Morgan fingerprint density at radius 3 is 2.22 bits per heavy atom. The molecule has 0 radical (unpaired) electrons. The van der Waals surface area contributed by atoms with Gasteiger partial charge in [0.25, 0.3) is 0 Å². The van der Waals surface area contributed by atoms with Gasteiger partial charge in [-0.1, -0.05) is 0 Å². The maximum absolute atomic E-state index is 11.3. The highest BCUT2D eigenvalue weighted by atomic mass is 16.7. The number of carbonyl (C=O) groups excluding carboxylic acids is 2. The third-order valence-corrected chi connectivity index (χ3v) is 3.35. The first-order chi connectivity index (χ1) is 8.17. The van der Waals surface area contributed by atoms with Crippen molar-refractivity contribution in [2.24, 2.45) is 0 Å². The number of esters is 1. The highest BCUT2D eigenvalue weighted by molar-refractivity contribution is 5.66.